The zero-order chi connectivity index (χ0) is 22.5. The molecule has 35 heavy (non-hydrogen) atoms. The Bertz CT molecular complexity index is 1180. The Morgan fingerprint density at radius 2 is 1.63 bits per heavy atom. The van der Waals surface area contributed by atoms with Crippen molar-refractivity contribution in [1.29, 1.82) is 0 Å². The molecular formula is C28H32Cl2N2O2S. The molecule has 4 nitrogen and oxygen atoms in total. The number of rotatable bonds is 8. The average Bonchev–Trinajstić information content (AvgIpc) is 3.42. The van der Waals surface area contributed by atoms with Crippen molar-refractivity contribution < 1.29 is 9.47 Å². The third-order valence-electron chi connectivity index (χ3n) is 6.38. The second-order valence-electron chi connectivity index (χ2n) is 8.42. The maximum absolute atomic E-state index is 6.64. The van der Waals surface area contributed by atoms with Crippen LogP contribution in [0.15, 0.2) is 84.2 Å². The van der Waals surface area contributed by atoms with Gasteiger partial charge in [-0.1, -0.05) is 48.5 Å². The van der Waals surface area contributed by atoms with Crippen molar-refractivity contribution in [2.75, 3.05) is 44.7 Å². The first kappa shape index (κ1) is 27.2. The van der Waals surface area contributed by atoms with Crippen LogP contribution in [0.2, 0.25) is 0 Å². The van der Waals surface area contributed by atoms with Crippen molar-refractivity contribution >= 4 is 52.6 Å². The second-order valence-corrected chi connectivity index (χ2v) is 9.40. The molecule has 1 saturated heterocycles. The largest absolute Gasteiger partial charge is 0.497 e. The van der Waals surface area contributed by atoms with Crippen LogP contribution in [0.4, 0.5) is 5.69 Å². The molecule has 7 heteroatoms. The fraction of sp³-hybridized carbons (Fsp3) is 0.286. The van der Waals surface area contributed by atoms with E-state index in [2.05, 4.69) is 88.0 Å². The zero-order valence-electron chi connectivity index (χ0n) is 19.8. The van der Waals surface area contributed by atoms with E-state index < -0.39 is 0 Å². The van der Waals surface area contributed by atoms with Crippen molar-refractivity contribution in [3.8, 4) is 11.5 Å². The Morgan fingerprint density at radius 1 is 0.857 bits per heavy atom. The summed E-state index contributed by atoms with van der Waals surface area (Å²) in [5.74, 6) is 1.88. The summed E-state index contributed by atoms with van der Waals surface area (Å²) in [6.07, 6.45) is 1.04. The van der Waals surface area contributed by atoms with Gasteiger partial charge < -0.3 is 14.4 Å². The van der Waals surface area contributed by atoms with E-state index >= 15 is 0 Å². The summed E-state index contributed by atoms with van der Waals surface area (Å²) in [7, 11) is 1.72. The predicted molar refractivity (Wildman–Crippen MR) is 152 cm³/mol. The highest BCUT2D eigenvalue weighted by atomic mass is 35.5. The molecule has 1 atom stereocenters. The zero-order valence-corrected chi connectivity index (χ0v) is 22.3. The fourth-order valence-electron chi connectivity index (χ4n) is 4.52. The predicted octanol–water partition coefficient (Wildman–Crippen LogP) is 7.09. The maximum atomic E-state index is 6.64. The number of nitrogens with zero attached hydrogens (tertiary/aromatic N) is 2. The molecule has 1 unspecified atom stereocenters. The van der Waals surface area contributed by atoms with Gasteiger partial charge >= 0.3 is 0 Å². The first-order valence-corrected chi connectivity index (χ1v) is 12.5. The smallest absolute Gasteiger partial charge is 0.134 e. The molecular weight excluding hydrogens is 499 g/mol. The van der Waals surface area contributed by atoms with Crippen LogP contribution in [0.3, 0.4) is 0 Å². The Hall–Kier alpha value is -2.44. The van der Waals surface area contributed by atoms with E-state index in [0.717, 1.165) is 50.6 Å². The van der Waals surface area contributed by atoms with Gasteiger partial charge in [-0.3, -0.25) is 4.90 Å². The number of hydrogen-bond acceptors (Lipinski definition) is 5. The number of methoxy groups -OCH3 is 1. The number of piperazine rings is 1. The molecule has 0 N–H and O–H groups in total. The third kappa shape index (κ3) is 6.62. The normalized spacial score (nSPS) is 14.6. The van der Waals surface area contributed by atoms with E-state index in [1.807, 2.05) is 6.07 Å². The van der Waals surface area contributed by atoms with Gasteiger partial charge in [-0.2, -0.15) is 0 Å². The number of ether oxygens (including phenoxy) is 2. The number of hydrogen-bond donors (Lipinski definition) is 0. The van der Waals surface area contributed by atoms with Crippen molar-refractivity contribution in [1.82, 2.24) is 4.90 Å². The molecule has 1 aromatic heterocycles. The fourth-order valence-corrected chi connectivity index (χ4v) is 5.31. The molecule has 3 aromatic carbocycles. The molecule has 0 amide bonds. The van der Waals surface area contributed by atoms with E-state index in [-0.39, 0.29) is 30.9 Å². The van der Waals surface area contributed by atoms with Gasteiger partial charge in [0, 0.05) is 61.2 Å². The Labute approximate surface area is 224 Å². The lowest BCUT2D eigenvalue weighted by Crippen LogP contribution is -2.46. The molecule has 1 aliphatic heterocycles. The molecule has 186 valence electrons. The highest BCUT2D eigenvalue weighted by Crippen LogP contribution is 2.33. The molecule has 0 spiro atoms. The van der Waals surface area contributed by atoms with Crippen molar-refractivity contribution in [2.45, 2.75) is 12.5 Å². The molecule has 1 aliphatic rings. The Kier molecular flexibility index (Phi) is 10.1. The van der Waals surface area contributed by atoms with Crippen molar-refractivity contribution in [3.63, 3.8) is 0 Å². The molecule has 0 aliphatic carbocycles. The summed E-state index contributed by atoms with van der Waals surface area (Å²) in [5, 5.41) is 4.53. The van der Waals surface area contributed by atoms with E-state index in [1.165, 1.54) is 21.3 Å². The summed E-state index contributed by atoms with van der Waals surface area (Å²) >= 11 is 1.78. The number of anilines is 1. The van der Waals surface area contributed by atoms with Gasteiger partial charge in [0.2, 0.25) is 0 Å². The summed E-state index contributed by atoms with van der Waals surface area (Å²) in [4.78, 5) is 6.30. The van der Waals surface area contributed by atoms with Gasteiger partial charge in [0.15, 0.2) is 0 Å². The number of fused-ring (bicyclic) bond motifs is 1. The molecule has 0 bridgehead atoms. The topological polar surface area (TPSA) is 24.9 Å². The molecule has 4 aromatic rings. The van der Waals surface area contributed by atoms with Crippen LogP contribution in [0, 0.1) is 0 Å². The highest BCUT2D eigenvalue weighted by Gasteiger charge is 2.21. The van der Waals surface area contributed by atoms with Gasteiger partial charge in [-0.25, -0.2) is 0 Å². The second kappa shape index (κ2) is 13.0. The molecule has 2 heterocycles. The van der Waals surface area contributed by atoms with E-state index in [0.29, 0.717) is 0 Å². The minimum atomic E-state index is 0. The molecule has 1 fully saturated rings. The number of thiophene rings is 1. The average molecular weight is 532 g/mol. The van der Waals surface area contributed by atoms with E-state index in [9.17, 15) is 0 Å². The summed E-state index contributed by atoms with van der Waals surface area (Å²) < 4.78 is 12.0. The van der Waals surface area contributed by atoms with Crippen LogP contribution in [0.1, 0.15) is 17.4 Å². The first-order chi connectivity index (χ1) is 16.3. The number of benzene rings is 3. The first-order valence-electron chi connectivity index (χ1n) is 11.6. The Morgan fingerprint density at radius 3 is 2.40 bits per heavy atom. The van der Waals surface area contributed by atoms with Crippen LogP contribution in [0.5, 0.6) is 11.5 Å². The quantitative estimate of drug-likeness (QED) is 0.243. The minimum Gasteiger partial charge on any atom is -0.497 e. The lowest BCUT2D eigenvalue weighted by molar-refractivity contribution is 0.164. The van der Waals surface area contributed by atoms with E-state index in [1.54, 1.807) is 18.4 Å². The minimum absolute atomic E-state index is 0. The molecule has 0 saturated carbocycles. The number of halogens is 2. The summed E-state index contributed by atoms with van der Waals surface area (Å²) in [6, 6.07) is 27.4. The van der Waals surface area contributed by atoms with Gasteiger partial charge in [-0.15, -0.1) is 36.2 Å². The maximum Gasteiger partial charge on any atom is 0.134 e. The third-order valence-corrected chi connectivity index (χ3v) is 7.34. The monoisotopic (exact) mass is 530 g/mol. The molecule has 0 radical (unpaired) electrons. The Balaban J connectivity index is 0.00000171. The SMILES string of the molecule is COc1cccc(N2CCN(CCC(Oc3cccc4ccccc34)c3cccs3)CC2)c1.Cl.Cl. The standard InChI is InChI=1S/C28H30N2O2S.2ClH/c1-31-24-10-5-9-23(21-24)30-18-16-29(17-19-30)15-14-27(28-13-6-20-33-28)32-26-12-4-8-22-7-2-3-11-25(22)26;;/h2-13,20-21,27H,14-19H2,1H3;2*1H. The van der Waals surface area contributed by atoms with Gasteiger partial charge in [0.05, 0.1) is 7.11 Å². The van der Waals surface area contributed by atoms with Gasteiger partial charge in [0.25, 0.3) is 0 Å². The molecule has 5 rings (SSSR count). The van der Waals surface area contributed by atoms with Gasteiger partial charge in [0.1, 0.15) is 17.6 Å². The van der Waals surface area contributed by atoms with Crippen LogP contribution in [0.25, 0.3) is 10.8 Å². The summed E-state index contributed by atoms with van der Waals surface area (Å²) in [6.45, 7) is 5.20. The van der Waals surface area contributed by atoms with Crippen LogP contribution >= 0.6 is 36.2 Å². The van der Waals surface area contributed by atoms with Gasteiger partial charge in [-0.05, 0) is 35.0 Å². The van der Waals surface area contributed by atoms with Crippen LogP contribution in [-0.2, 0) is 0 Å². The lowest BCUT2D eigenvalue weighted by Gasteiger charge is -2.36. The summed E-state index contributed by atoms with van der Waals surface area (Å²) in [5.41, 5.74) is 1.24. The van der Waals surface area contributed by atoms with Crippen molar-refractivity contribution in [2.24, 2.45) is 0 Å². The van der Waals surface area contributed by atoms with Crippen molar-refractivity contribution in [3.05, 3.63) is 89.1 Å². The lowest BCUT2D eigenvalue weighted by atomic mass is 10.1. The highest BCUT2D eigenvalue weighted by molar-refractivity contribution is 7.10. The van der Waals surface area contributed by atoms with E-state index in [4.69, 9.17) is 9.47 Å². The van der Waals surface area contributed by atoms with Crippen LogP contribution < -0.4 is 14.4 Å². The van der Waals surface area contributed by atoms with Crippen LogP contribution in [-0.4, -0.2) is 44.7 Å².